The van der Waals surface area contributed by atoms with E-state index in [1.54, 1.807) is 57.3 Å². The monoisotopic (exact) mass is 557 g/mol. The first kappa shape index (κ1) is 28.4. The first-order valence-corrected chi connectivity index (χ1v) is 12.7. The van der Waals surface area contributed by atoms with E-state index in [2.05, 4.69) is 27.3 Å². The lowest BCUT2D eigenvalue weighted by molar-refractivity contribution is -0.159. The first-order valence-electron chi connectivity index (χ1n) is 12.0. The number of hydrogen-bond donors (Lipinski definition) is 4. The van der Waals surface area contributed by atoms with E-state index in [9.17, 15) is 19.6 Å². The highest BCUT2D eigenvalue weighted by atomic mass is 31.1. The fourth-order valence-corrected chi connectivity index (χ4v) is 4.22. The maximum Gasteiger partial charge on any atom is 0.395 e. The Bertz CT molecular complexity index is 1410. The molecule has 4 rings (SSSR count). The molecule has 0 bridgehead atoms. The summed E-state index contributed by atoms with van der Waals surface area (Å²) in [5.74, 6) is 5.64. The van der Waals surface area contributed by atoms with Crippen LogP contribution < -0.4 is 15.7 Å². The van der Waals surface area contributed by atoms with Crippen LogP contribution in [0.2, 0.25) is 0 Å². The lowest BCUT2D eigenvalue weighted by atomic mass is 9.96. The summed E-state index contributed by atoms with van der Waals surface area (Å²) in [6.45, 7) is 4.57. The van der Waals surface area contributed by atoms with Crippen molar-refractivity contribution in [3.05, 3.63) is 48.4 Å². The number of aromatic nitrogens is 3. The SMILES string of the molecule is CC(C)OC(=O)[C@H](C)NOC[C@@]1(C#Cc2ccccc2OP=O)O[C@@H](n2ccc3c(N)ncnc32)C(O)C1O. The predicted molar refractivity (Wildman–Crippen MR) is 138 cm³/mol. The van der Waals surface area contributed by atoms with Crippen molar-refractivity contribution in [2.45, 2.75) is 57.0 Å². The third-order valence-electron chi connectivity index (χ3n) is 5.92. The van der Waals surface area contributed by atoms with Gasteiger partial charge < -0.3 is 34.5 Å². The van der Waals surface area contributed by atoms with Crippen LogP contribution in [0.15, 0.2) is 42.9 Å². The number of benzene rings is 1. The zero-order valence-electron chi connectivity index (χ0n) is 21.3. The molecule has 0 radical (unpaired) electrons. The van der Waals surface area contributed by atoms with Crippen molar-refractivity contribution in [3.8, 4) is 17.6 Å². The molecule has 5 atom stereocenters. The third-order valence-corrected chi connectivity index (χ3v) is 6.19. The van der Waals surface area contributed by atoms with Crippen molar-refractivity contribution in [3.63, 3.8) is 0 Å². The predicted octanol–water partition coefficient (Wildman–Crippen LogP) is 1.50. The minimum Gasteiger partial charge on any atom is -0.462 e. The summed E-state index contributed by atoms with van der Waals surface area (Å²) in [6.07, 6.45) is -1.63. The molecule has 0 aliphatic carbocycles. The highest BCUT2D eigenvalue weighted by molar-refractivity contribution is 7.17. The van der Waals surface area contributed by atoms with Gasteiger partial charge in [-0.1, -0.05) is 24.0 Å². The van der Waals surface area contributed by atoms with Crippen LogP contribution in [0.5, 0.6) is 5.75 Å². The van der Waals surface area contributed by atoms with Gasteiger partial charge in [-0.25, -0.2) is 14.5 Å². The molecule has 2 aromatic heterocycles. The number of rotatable bonds is 9. The van der Waals surface area contributed by atoms with Gasteiger partial charge in [0.2, 0.25) is 0 Å². The number of nitrogens with zero attached hydrogens (tertiary/aromatic N) is 3. The second-order valence-corrected chi connectivity index (χ2v) is 9.41. The molecule has 1 aliphatic heterocycles. The molecule has 0 amide bonds. The normalized spacial score (nSPS) is 23.5. The summed E-state index contributed by atoms with van der Waals surface area (Å²) in [5, 5.41) is 22.8. The van der Waals surface area contributed by atoms with Gasteiger partial charge in [0.25, 0.3) is 0 Å². The zero-order chi connectivity index (χ0) is 28.2. The van der Waals surface area contributed by atoms with Gasteiger partial charge in [-0.3, -0.25) is 9.63 Å². The number of ether oxygens (including phenoxy) is 2. The van der Waals surface area contributed by atoms with Crippen LogP contribution in [0.4, 0.5) is 5.82 Å². The van der Waals surface area contributed by atoms with E-state index in [1.807, 2.05) is 0 Å². The van der Waals surface area contributed by atoms with Gasteiger partial charge in [-0.05, 0) is 39.0 Å². The number of carbonyl (C=O) groups excluding carboxylic acids is 1. The largest absolute Gasteiger partial charge is 0.462 e. The molecule has 14 heteroatoms. The zero-order valence-corrected chi connectivity index (χ0v) is 22.2. The molecule has 1 fully saturated rings. The molecule has 5 N–H and O–H groups in total. The molecule has 39 heavy (non-hydrogen) atoms. The molecule has 13 nitrogen and oxygen atoms in total. The van der Waals surface area contributed by atoms with E-state index in [1.165, 1.54) is 10.9 Å². The number of nitrogens with two attached hydrogens (primary N) is 1. The van der Waals surface area contributed by atoms with Gasteiger partial charge in [-0.2, -0.15) is 5.48 Å². The van der Waals surface area contributed by atoms with Crippen molar-refractivity contribution < 1.29 is 38.4 Å². The number of esters is 1. The molecule has 0 spiro atoms. The minimum absolute atomic E-state index is 0.231. The van der Waals surface area contributed by atoms with E-state index in [4.69, 9.17) is 24.6 Å². The number of carbonyl (C=O) groups is 1. The molecule has 1 aromatic carbocycles. The summed E-state index contributed by atoms with van der Waals surface area (Å²) in [6, 6.07) is 7.38. The quantitative estimate of drug-likeness (QED) is 0.129. The summed E-state index contributed by atoms with van der Waals surface area (Å²) >= 11 is 0. The van der Waals surface area contributed by atoms with Gasteiger partial charge in [0.15, 0.2) is 17.6 Å². The van der Waals surface area contributed by atoms with Crippen LogP contribution in [0.25, 0.3) is 11.0 Å². The summed E-state index contributed by atoms with van der Waals surface area (Å²) < 4.78 is 29.0. The Hall–Kier alpha value is -3.63. The second-order valence-electron chi connectivity index (χ2n) is 9.08. The fourth-order valence-electron chi connectivity index (χ4n) is 3.98. The number of hydrogen-bond acceptors (Lipinski definition) is 12. The van der Waals surface area contributed by atoms with Crippen molar-refractivity contribution in [1.82, 2.24) is 20.0 Å². The van der Waals surface area contributed by atoms with Crippen LogP contribution in [-0.4, -0.2) is 67.3 Å². The molecule has 206 valence electrons. The molecule has 3 heterocycles. The Morgan fingerprint density at radius 2 is 2.05 bits per heavy atom. The van der Waals surface area contributed by atoms with Gasteiger partial charge >= 0.3 is 14.7 Å². The lowest BCUT2D eigenvalue weighted by Crippen LogP contribution is -2.48. The standard InChI is InChI=1S/C25H28N5O8P/c1-14(2)36-24(33)15(3)29-35-12-25(10-8-16-6-4-5-7-18(16)38-39-34)20(32)19(31)23(37-25)30-11-9-17-21(26)27-13-28-22(17)30/h4-7,9,11,13-15,19-20,23,29,31-32H,12H2,1-3H3,(H2,26,27,28)/t15-,19?,20?,23+,25+/m0/s1. The number of fused-ring (bicyclic) bond motifs is 1. The van der Waals surface area contributed by atoms with Gasteiger partial charge in [0.05, 0.1) is 17.1 Å². The Kier molecular flexibility index (Phi) is 8.76. The molecule has 3 aromatic rings. The number of nitrogens with one attached hydrogen (secondary N) is 1. The average Bonchev–Trinajstić information content (AvgIpc) is 3.44. The second kappa shape index (κ2) is 12.0. The summed E-state index contributed by atoms with van der Waals surface area (Å²) in [7, 11) is -0.572. The van der Waals surface area contributed by atoms with Gasteiger partial charge in [0.1, 0.15) is 42.6 Å². The number of aliphatic hydroxyl groups excluding tert-OH is 2. The van der Waals surface area contributed by atoms with E-state index in [-0.39, 0.29) is 17.7 Å². The van der Waals surface area contributed by atoms with Crippen LogP contribution in [-0.2, 0) is 23.7 Å². The first-order chi connectivity index (χ1) is 18.7. The van der Waals surface area contributed by atoms with E-state index in [0.29, 0.717) is 16.6 Å². The lowest BCUT2D eigenvalue weighted by Gasteiger charge is -2.27. The van der Waals surface area contributed by atoms with Gasteiger partial charge in [0, 0.05) is 6.20 Å². The van der Waals surface area contributed by atoms with E-state index >= 15 is 0 Å². The summed E-state index contributed by atoms with van der Waals surface area (Å²) in [4.78, 5) is 25.9. The maximum atomic E-state index is 12.2. The van der Waals surface area contributed by atoms with Crippen LogP contribution in [0.1, 0.15) is 32.6 Å². The Morgan fingerprint density at radius 1 is 1.28 bits per heavy atom. The number of hydroxylamine groups is 1. The molecule has 1 saturated heterocycles. The summed E-state index contributed by atoms with van der Waals surface area (Å²) in [5.41, 5.74) is 7.44. The highest BCUT2D eigenvalue weighted by Gasteiger charge is 2.55. The van der Waals surface area contributed by atoms with E-state index in [0.717, 1.165) is 0 Å². The Labute approximate surface area is 225 Å². The highest BCUT2D eigenvalue weighted by Crippen LogP contribution is 2.39. The third kappa shape index (κ3) is 6.02. The molecule has 0 saturated carbocycles. The molecule has 2 unspecified atom stereocenters. The maximum absolute atomic E-state index is 12.2. The van der Waals surface area contributed by atoms with Crippen molar-refractivity contribution in [2.24, 2.45) is 0 Å². The molecular formula is C25H28N5O8P. The number of nitrogen functional groups attached to an aromatic ring is 1. The average molecular weight is 558 g/mol. The minimum atomic E-state index is -1.80. The van der Waals surface area contributed by atoms with Crippen molar-refractivity contribution >= 4 is 31.5 Å². The van der Waals surface area contributed by atoms with Crippen molar-refractivity contribution in [1.29, 1.82) is 0 Å². The van der Waals surface area contributed by atoms with Crippen LogP contribution in [0, 0.1) is 11.8 Å². The number of para-hydroxylation sites is 1. The Morgan fingerprint density at radius 3 is 2.79 bits per heavy atom. The smallest absolute Gasteiger partial charge is 0.395 e. The Balaban J connectivity index is 1.67. The van der Waals surface area contributed by atoms with Crippen LogP contribution in [0.3, 0.4) is 0 Å². The number of aliphatic hydroxyl groups is 2. The topological polar surface area (TPSA) is 180 Å². The molecular weight excluding hydrogens is 529 g/mol. The van der Waals surface area contributed by atoms with Crippen LogP contribution >= 0.6 is 8.69 Å². The molecule has 1 aliphatic rings. The van der Waals surface area contributed by atoms with E-state index < -0.39 is 51.3 Å². The fraction of sp³-hybridized carbons (Fsp3) is 0.400. The van der Waals surface area contributed by atoms with Gasteiger partial charge in [-0.15, -0.1) is 0 Å². The number of anilines is 1. The van der Waals surface area contributed by atoms with Crippen molar-refractivity contribution in [2.75, 3.05) is 12.3 Å².